The molecule has 0 aliphatic rings. The molecule has 0 bridgehead atoms. The Labute approximate surface area is 119 Å². The molecule has 7 nitrogen and oxygen atoms in total. The highest BCUT2D eigenvalue weighted by molar-refractivity contribution is 6.03. The first kappa shape index (κ1) is 18.5. The summed E-state index contributed by atoms with van der Waals surface area (Å²) < 4.78 is 9.71. The number of hydrogen-bond acceptors (Lipinski definition) is 7. The Morgan fingerprint density at radius 3 is 1.40 bits per heavy atom. The molecule has 7 heteroatoms. The highest BCUT2D eigenvalue weighted by atomic mass is 16.5. The fraction of sp³-hybridized carbons (Fsp3) is 0.769. The van der Waals surface area contributed by atoms with Crippen molar-refractivity contribution in [2.24, 2.45) is 0 Å². The van der Waals surface area contributed by atoms with E-state index in [-0.39, 0.29) is 13.2 Å². The Kier molecular flexibility index (Phi) is 9.57. The molecule has 0 aromatic rings. The van der Waals surface area contributed by atoms with Gasteiger partial charge in [-0.15, -0.1) is 0 Å². The number of likely N-dealkylation sites (N-methyl/N-ethyl adjacent to an activating group) is 2. The summed E-state index contributed by atoms with van der Waals surface area (Å²) in [5.74, 6) is -1.72. The van der Waals surface area contributed by atoms with Crippen molar-refractivity contribution < 1.29 is 23.9 Å². The van der Waals surface area contributed by atoms with Crippen LogP contribution >= 0.6 is 0 Å². The summed E-state index contributed by atoms with van der Waals surface area (Å²) in [6.07, 6.45) is -0.785. The molecule has 0 rings (SSSR count). The van der Waals surface area contributed by atoms with E-state index < -0.39 is 30.6 Å². The summed E-state index contributed by atoms with van der Waals surface area (Å²) in [6.45, 7) is 1.64. The van der Waals surface area contributed by atoms with Crippen LogP contribution in [0.4, 0.5) is 0 Å². The zero-order chi connectivity index (χ0) is 15.5. The van der Waals surface area contributed by atoms with Crippen molar-refractivity contribution in [1.82, 2.24) is 9.80 Å². The van der Waals surface area contributed by atoms with Gasteiger partial charge in [0.2, 0.25) is 0 Å². The molecule has 0 N–H and O–H groups in total. The van der Waals surface area contributed by atoms with Crippen LogP contribution in [0.25, 0.3) is 0 Å². The fourth-order valence-electron chi connectivity index (χ4n) is 1.17. The van der Waals surface area contributed by atoms with Gasteiger partial charge in [-0.05, 0) is 28.2 Å². The molecule has 0 heterocycles. The third-order valence-corrected chi connectivity index (χ3v) is 2.29. The molecule has 0 aromatic carbocycles. The minimum Gasteiger partial charge on any atom is -0.464 e. The molecule has 0 aliphatic heterocycles. The third kappa shape index (κ3) is 11.6. The lowest BCUT2D eigenvalue weighted by atomic mass is 10.2. The number of nitrogens with zero attached hydrogens (tertiary/aromatic N) is 2. The second-order valence-corrected chi connectivity index (χ2v) is 4.94. The number of ether oxygens (including phenoxy) is 2. The van der Waals surface area contributed by atoms with Crippen molar-refractivity contribution in [2.75, 3.05) is 54.5 Å². The summed E-state index contributed by atoms with van der Waals surface area (Å²) in [4.78, 5) is 37.8. The van der Waals surface area contributed by atoms with Crippen LogP contribution in [-0.2, 0) is 23.9 Å². The van der Waals surface area contributed by atoms with Crippen molar-refractivity contribution >= 4 is 17.7 Å². The highest BCUT2D eigenvalue weighted by Crippen LogP contribution is 1.96. The number of carbonyl (C=O) groups excluding carboxylic acids is 3. The average Bonchev–Trinajstić information content (AvgIpc) is 2.26. The van der Waals surface area contributed by atoms with Gasteiger partial charge in [0, 0.05) is 13.1 Å². The highest BCUT2D eigenvalue weighted by Gasteiger charge is 2.15. The molecule has 0 spiro atoms. The lowest BCUT2D eigenvalue weighted by Crippen LogP contribution is -2.23. The molecule has 0 atom stereocenters. The minimum atomic E-state index is -0.613. The van der Waals surface area contributed by atoms with Gasteiger partial charge in [0.15, 0.2) is 5.78 Å². The average molecular weight is 288 g/mol. The maximum absolute atomic E-state index is 11.4. The molecule has 0 radical (unpaired) electrons. The number of ketones is 1. The van der Waals surface area contributed by atoms with E-state index in [1.165, 1.54) is 0 Å². The number of carbonyl (C=O) groups is 3. The van der Waals surface area contributed by atoms with Crippen LogP contribution in [0.1, 0.15) is 12.8 Å². The summed E-state index contributed by atoms with van der Waals surface area (Å²) >= 11 is 0. The number of rotatable bonds is 10. The van der Waals surface area contributed by atoms with Crippen molar-refractivity contribution in [1.29, 1.82) is 0 Å². The molecule has 0 saturated heterocycles. The minimum absolute atomic E-state index is 0.229. The Balaban J connectivity index is 3.75. The van der Waals surface area contributed by atoms with E-state index in [4.69, 9.17) is 9.47 Å². The molecule has 20 heavy (non-hydrogen) atoms. The summed E-state index contributed by atoms with van der Waals surface area (Å²) in [5.41, 5.74) is 0. The van der Waals surface area contributed by atoms with E-state index in [0.717, 1.165) is 0 Å². The summed E-state index contributed by atoms with van der Waals surface area (Å²) in [7, 11) is 7.40. The molecule has 0 fully saturated rings. The fourth-order valence-corrected chi connectivity index (χ4v) is 1.17. The van der Waals surface area contributed by atoms with E-state index in [2.05, 4.69) is 0 Å². The Morgan fingerprint density at radius 2 is 1.10 bits per heavy atom. The summed E-state index contributed by atoms with van der Waals surface area (Å²) in [5, 5.41) is 0. The van der Waals surface area contributed by atoms with Gasteiger partial charge in [-0.25, -0.2) is 0 Å². The van der Waals surface area contributed by atoms with Crippen molar-refractivity contribution in [3.63, 3.8) is 0 Å². The molecule has 0 aliphatic carbocycles. The van der Waals surface area contributed by atoms with E-state index in [9.17, 15) is 14.4 Å². The lowest BCUT2D eigenvalue weighted by Gasteiger charge is -2.10. The lowest BCUT2D eigenvalue weighted by molar-refractivity contribution is -0.149. The number of hydrogen-bond donors (Lipinski definition) is 0. The maximum Gasteiger partial charge on any atom is 0.313 e. The Hall–Kier alpha value is -1.47. The van der Waals surface area contributed by atoms with Crippen LogP contribution in [0, 0.1) is 0 Å². The van der Waals surface area contributed by atoms with E-state index in [0.29, 0.717) is 13.1 Å². The van der Waals surface area contributed by atoms with Gasteiger partial charge in [-0.3, -0.25) is 14.4 Å². The SMILES string of the molecule is CN(C)CCOC(=O)CC(=O)CC(=O)OCCN(C)C. The second kappa shape index (κ2) is 10.3. The largest absolute Gasteiger partial charge is 0.464 e. The monoisotopic (exact) mass is 288 g/mol. The molecule has 0 aromatic heterocycles. The van der Waals surface area contributed by atoms with Crippen LogP contribution < -0.4 is 0 Å². The standard InChI is InChI=1S/C13H24N2O5/c1-14(2)5-7-19-12(17)9-11(16)10-13(18)20-8-6-15(3)4/h5-10H2,1-4H3. The topological polar surface area (TPSA) is 76.1 Å². The van der Waals surface area contributed by atoms with Crippen molar-refractivity contribution in [3.05, 3.63) is 0 Å². The van der Waals surface area contributed by atoms with Gasteiger partial charge in [0.25, 0.3) is 0 Å². The zero-order valence-corrected chi connectivity index (χ0v) is 12.7. The Morgan fingerprint density at radius 1 is 0.750 bits per heavy atom. The van der Waals surface area contributed by atoms with Crippen molar-refractivity contribution in [2.45, 2.75) is 12.8 Å². The Bertz CT molecular complexity index is 299. The van der Waals surface area contributed by atoms with Gasteiger partial charge < -0.3 is 19.3 Å². The molecule has 116 valence electrons. The first-order chi connectivity index (χ1) is 9.31. The van der Waals surface area contributed by atoms with Crippen LogP contribution in [0.2, 0.25) is 0 Å². The van der Waals surface area contributed by atoms with Crippen LogP contribution in [-0.4, -0.2) is 82.0 Å². The van der Waals surface area contributed by atoms with Crippen molar-refractivity contribution in [3.8, 4) is 0 Å². The normalized spacial score (nSPS) is 10.7. The molecular weight excluding hydrogens is 264 g/mol. The van der Waals surface area contributed by atoms with E-state index >= 15 is 0 Å². The second-order valence-electron chi connectivity index (χ2n) is 4.94. The molecule has 0 saturated carbocycles. The van der Waals surface area contributed by atoms with Gasteiger partial charge in [-0.2, -0.15) is 0 Å². The molecule has 0 amide bonds. The molecule has 0 unspecified atom stereocenters. The van der Waals surface area contributed by atoms with Gasteiger partial charge in [-0.1, -0.05) is 0 Å². The number of Topliss-reactive ketones (excluding diaryl/α,β-unsaturated/α-hetero) is 1. The smallest absolute Gasteiger partial charge is 0.313 e. The zero-order valence-electron chi connectivity index (χ0n) is 12.7. The van der Waals surface area contributed by atoms with Crippen LogP contribution in [0.5, 0.6) is 0 Å². The molecular formula is C13H24N2O5. The number of esters is 2. The maximum atomic E-state index is 11.4. The van der Waals surface area contributed by atoms with Crippen LogP contribution in [0.3, 0.4) is 0 Å². The predicted molar refractivity (Wildman–Crippen MR) is 73.3 cm³/mol. The van der Waals surface area contributed by atoms with Crippen LogP contribution in [0.15, 0.2) is 0 Å². The van der Waals surface area contributed by atoms with Gasteiger partial charge >= 0.3 is 11.9 Å². The van der Waals surface area contributed by atoms with Gasteiger partial charge in [0.05, 0.1) is 0 Å². The quantitative estimate of drug-likeness (QED) is 0.398. The third-order valence-electron chi connectivity index (χ3n) is 2.29. The predicted octanol–water partition coefficient (Wildman–Crippen LogP) is -0.455. The first-order valence-corrected chi connectivity index (χ1v) is 6.43. The van der Waals surface area contributed by atoms with E-state index in [1.54, 1.807) is 0 Å². The summed E-state index contributed by atoms with van der Waals surface area (Å²) in [6, 6.07) is 0. The first-order valence-electron chi connectivity index (χ1n) is 6.43. The van der Waals surface area contributed by atoms with Gasteiger partial charge in [0.1, 0.15) is 26.1 Å². The van der Waals surface area contributed by atoms with E-state index in [1.807, 2.05) is 38.0 Å².